The summed E-state index contributed by atoms with van der Waals surface area (Å²) in [5.74, 6) is -1.01. The number of rotatable bonds is 14. The van der Waals surface area contributed by atoms with Gasteiger partial charge in [0.1, 0.15) is 30.0 Å². The summed E-state index contributed by atoms with van der Waals surface area (Å²) in [5.41, 5.74) is 0.440. The minimum Gasteiger partial charge on any atom is -0.489 e. The van der Waals surface area contributed by atoms with E-state index < -0.39 is 35.9 Å². The highest BCUT2D eigenvalue weighted by atomic mass is 19.4. The van der Waals surface area contributed by atoms with Crippen molar-refractivity contribution in [1.82, 2.24) is 24.9 Å². The smallest absolute Gasteiger partial charge is 0.489 e. The van der Waals surface area contributed by atoms with Crippen molar-refractivity contribution in [2.24, 2.45) is 0 Å². The molecule has 0 aliphatic heterocycles. The van der Waals surface area contributed by atoms with Crippen molar-refractivity contribution in [3.63, 3.8) is 0 Å². The van der Waals surface area contributed by atoms with Gasteiger partial charge in [-0.15, -0.1) is 18.3 Å². The predicted octanol–water partition coefficient (Wildman–Crippen LogP) is 5.27. The number of carbonyl (C=O) groups is 1. The van der Waals surface area contributed by atoms with E-state index in [1.165, 1.54) is 53.4 Å². The molecule has 4 aromatic rings. The molecule has 240 valence electrons. The van der Waals surface area contributed by atoms with Crippen LogP contribution >= 0.6 is 0 Å². The first-order valence-corrected chi connectivity index (χ1v) is 13.4. The Morgan fingerprint density at radius 2 is 1.67 bits per heavy atom. The van der Waals surface area contributed by atoms with Gasteiger partial charge in [-0.1, -0.05) is 23.4 Å². The molecular formula is C29H27F6N5O5. The van der Waals surface area contributed by atoms with Crippen molar-refractivity contribution >= 4 is 5.91 Å². The zero-order valence-corrected chi connectivity index (χ0v) is 23.6. The Balaban J connectivity index is 1.22. The molecular weight excluding hydrogens is 612 g/mol. The maximum atomic E-state index is 14.7. The SMILES string of the molecule is CC(F)(F)Oc1cccc(CNC(=O)c2cn(CC(F)CCn3ccc(COc4cccc(OC(F)(F)F)c4)cc3=O)nn2)c1. The van der Waals surface area contributed by atoms with Gasteiger partial charge in [-0.05, 0) is 47.9 Å². The fourth-order valence-corrected chi connectivity index (χ4v) is 4.01. The van der Waals surface area contributed by atoms with Gasteiger partial charge in [0.2, 0.25) is 0 Å². The average molecular weight is 640 g/mol. The van der Waals surface area contributed by atoms with E-state index in [0.29, 0.717) is 18.1 Å². The number of hydrogen-bond donors (Lipinski definition) is 1. The first-order valence-electron chi connectivity index (χ1n) is 13.4. The molecule has 2 aromatic carbocycles. The van der Waals surface area contributed by atoms with Crippen molar-refractivity contribution in [2.75, 3.05) is 0 Å². The molecule has 2 heterocycles. The number of pyridine rings is 1. The van der Waals surface area contributed by atoms with Gasteiger partial charge in [-0.25, -0.2) is 9.07 Å². The van der Waals surface area contributed by atoms with Crippen molar-refractivity contribution < 1.29 is 45.3 Å². The molecule has 45 heavy (non-hydrogen) atoms. The van der Waals surface area contributed by atoms with E-state index >= 15 is 0 Å². The lowest BCUT2D eigenvalue weighted by atomic mass is 10.2. The second kappa shape index (κ2) is 14.2. The predicted molar refractivity (Wildman–Crippen MR) is 147 cm³/mol. The van der Waals surface area contributed by atoms with E-state index in [9.17, 15) is 35.9 Å². The molecule has 0 fully saturated rings. The van der Waals surface area contributed by atoms with Crippen LogP contribution in [0.15, 0.2) is 77.9 Å². The molecule has 0 saturated heterocycles. The fourth-order valence-electron chi connectivity index (χ4n) is 4.01. The van der Waals surface area contributed by atoms with Crippen molar-refractivity contribution in [2.45, 2.75) is 58.2 Å². The third-order valence-corrected chi connectivity index (χ3v) is 5.99. The summed E-state index contributed by atoms with van der Waals surface area (Å²) in [6.45, 7) is 0.305. The van der Waals surface area contributed by atoms with Crippen LogP contribution in [0.1, 0.15) is 35.0 Å². The maximum Gasteiger partial charge on any atom is 0.573 e. The third-order valence-electron chi connectivity index (χ3n) is 5.99. The van der Waals surface area contributed by atoms with Crippen molar-refractivity contribution in [3.05, 3.63) is 100 Å². The largest absolute Gasteiger partial charge is 0.573 e. The first kappa shape index (κ1) is 32.9. The number of nitrogens with zero attached hydrogens (tertiary/aromatic N) is 4. The van der Waals surface area contributed by atoms with Crippen LogP contribution in [0, 0.1) is 0 Å². The molecule has 0 spiro atoms. The molecule has 2 aromatic heterocycles. The van der Waals surface area contributed by atoms with Gasteiger partial charge in [0.05, 0.1) is 12.7 Å². The molecule has 0 bridgehead atoms. The quantitative estimate of drug-likeness (QED) is 0.187. The topological polar surface area (TPSA) is 110 Å². The zero-order chi connectivity index (χ0) is 32.6. The summed E-state index contributed by atoms with van der Waals surface area (Å²) in [6.07, 6.45) is -6.99. The molecule has 0 radical (unpaired) electrons. The van der Waals surface area contributed by atoms with E-state index in [2.05, 4.69) is 25.1 Å². The van der Waals surface area contributed by atoms with E-state index in [-0.39, 0.29) is 49.9 Å². The van der Waals surface area contributed by atoms with Gasteiger partial charge in [-0.3, -0.25) is 9.59 Å². The Kier molecular flexibility index (Phi) is 10.4. The number of hydrogen-bond acceptors (Lipinski definition) is 7. The normalized spacial score (nSPS) is 12.4. The second-order valence-electron chi connectivity index (χ2n) is 9.83. The van der Waals surface area contributed by atoms with Crippen LogP contribution < -0.4 is 25.1 Å². The number of ether oxygens (including phenoxy) is 3. The van der Waals surface area contributed by atoms with Crippen molar-refractivity contribution in [1.29, 1.82) is 0 Å². The van der Waals surface area contributed by atoms with Gasteiger partial charge in [0.15, 0.2) is 5.69 Å². The zero-order valence-electron chi connectivity index (χ0n) is 23.6. The van der Waals surface area contributed by atoms with Gasteiger partial charge in [-0.2, -0.15) is 8.78 Å². The summed E-state index contributed by atoms with van der Waals surface area (Å²) in [5, 5.41) is 10.1. The van der Waals surface area contributed by atoms with Crippen LogP contribution in [0.3, 0.4) is 0 Å². The lowest BCUT2D eigenvalue weighted by Gasteiger charge is -2.13. The highest BCUT2D eigenvalue weighted by Crippen LogP contribution is 2.26. The van der Waals surface area contributed by atoms with Crippen LogP contribution in [0.2, 0.25) is 0 Å². The lowest BCUT2D eigenvalue weighted by molar-refractivity contribution is -0.274. The molecule has 1 amide bonds. The fraction of sp³-hybridized carbons (Fsp3) is 0.310. The van der Waals surface area contributed by atoms with Crippen LogP contribution in [-0.2, 0) is 26.2 Å². The number of benzene rings is 2. The molecule has 1 N–H and O–H groups in total. The Morgan fingerprint density at radius 1 is 0.956 bits per heavy atom. The Morgan fingerprint density at radius 3 is 2.38 bits per heavy atom. The van der Waals surface area contributed by atoms with Crippen LogP contribution in [0.4, 0.5) is 26.3 Å². The third kappa shape index (κ3) is 10.9. The molecule has 0 aliphatic carbocycles. The minimum atomic E-state index is -4.84. The highest BCUT2D eigenvalue weighted by molar-refractivity contribution is 5.91. The van der Waals surface area contributed by atoms with E-state index in [4.69, 9.17) is 4.74 Å². The number of alkyl halides is 6. The number of aromatic nitrogens is 4. The minimum absolute atomic E-state index is 0.00626. The number of amides is 1. The van der Waals surface area contributed by atoms with Gasteiger partial charge >= 0.3 is 12.5 Å². The van der Waals surface area contributed by atoms with E-state index in [1.807, 2.05) is 0 Å². The van der Waals surface area contributed by atoms with Gasteiger partial charge < -0.3 is 24.1 Å². The average Bonchev–Trinajstić information content (AvgIpc) is 3.41. The molecule has 0 saturated carbocycles. The number of aryl methyl sites for hydroxylation is 1. The number of nitrogens with one attached hydrogen (secondary N) is 1. The van der Waals surface area contributed by atoms with Crippen LogP contribution in [-0.4, -0.2) is 44.1 Å². The standard InChI is InChI=1S/C29H27F6N5O5/c1-28(31,32)44-23-6-2-4-19(12-23)15-36-27(42)25-17-40(38-37-25)16-21(30)9-11-39-10-8-20(13-26(39)41)18-43-22-5-3-7-24(14-22)45-29(33,34)35/h2-8,10,12-14,17,21H,9,11,15-16,18H2,1H3,(H,36,42). The van der Waals surface area contributed by atoms with Crippen LogP contribution in [0.25, 0.3) is 0 Å². The van der Waals surface area contributed by atoms with Gasteiger partial charge in [0.25, 0.3) is 11.5 Å². The molecule has 1 unspecified atom stereocenters. The van der Waals surface area contributed by atoms with Gasteiger partial charge in [0, 0.05) is 38.3 Å². The van der Waals surface area contributed by atoms with Crippen molar-refractivity contribution in [3.8, 4) is 17.2 Å². The first-order chi connectivity index (χ1) is 21.2. The maximum absolute atomic E-state index is 14.7. The Bertz CT molecular complexity index is 1650. The highest BCUT2D eigenvalue weighted by Gasteiger charge is 2.31. The summed E-state index contributed by atoms with van der Waals surface area (Å²) in [4.78, 5) is 24.9. The molecule has 4 rings (SSSR count). The summed E-state index contributed by atoms with van der Waals surface area (Å²) in [7, 11) is 0. The summed E-state index contributed by atoms with van der Waals surface area (Å²) >= 11 is 0. The molecule has 16 heteroatoms. The van der Waals surface area contributed by atoms with E-state index in [0.717, 1.165) is 16.8 Å². The Hall–Kier alpha value is -5.02. The van der Waals surface area contributed by atoms with E-state index in [1.54, 1.807) is 12.1 Å². The summed E-state index contributed by atoms with van der Waals surface area (Å²) in [6, 6.07) is 13.6. The molecule has 1 atom stereocenters. The monoisotopic (exact) mass is 639 g/mol. The Labute approximate surface area is 252 Å². The second-order valence-corrected chi connectivity index (χ2v) is 9.83. The number of carbonyl (C=O) groups excluding carboxylic acids is 1. The lowest BCUT2D eigenvalue weighted by Crippen LogP contribution is -2.23. The summed E-state index contributed by atoms with van der Waals surface area (Å²) < 4.78 is 94.3. The molecule has 0 aliphatic rings. The number of halogens is 6. The van der Waals surface area contributed by atoms with Crippen LogP contribution in [0.5, 0.6) is 17.2 Å². The molecule has 10 nitrogen and oxygen atoms in total.